The zero-order valence-corrected chi connectivity index (χ0v) is 12.7. The lowest BCUT2D eigenvalue weighted by Crippen LogP contribution is -2.52. The number of carbonyl (C=O) groups excluding carboxylic acids is 1. The first-order valence-electron chi connectivity index (χ1n) is 7.18. The Labute approximate surface area is 122 Å². The highest BCUT2D eigenvalue weighted by atomic mass is 32.1. The van der Waals surface area contributed by atoms with Gasteiger partial charge in [0, 0.05) is 12.5 Å². The first-order valence-corrected chi connectivity index (χ1v) is 7.99. The summed E-state index contributed by atoms with van der Waals surface area (Å²) >= 11 is 1.45. The second-order valence-electron chi connectivity index (χ2n) is 5.63. The number of amides is 2. The molecule has 0 radical (unpaired) electrons. The number of rotatable bonds is 2. The average molecular weight is 296 g/mol. The highest BCUT2D eigenvalue weighted by Crippen LogP contribution is 2.30. The van der Waals surface area contributed by atoms with Crippen LogP contribution in [-0.4, -0.2) is 46.4 Å². The Morgan fingerprint density at radius 2 is 2.30 bits per heavy atom. The number of hydrogen-bond acceptors (Lipinski definition) is 5. The fourth-order valence-corrected chi connectivity index (χ4v) is 3.59. The number of urea groups is 1. The zero-order chi connectivity index (χ0) is 14.1. The third-order valence-corrected chi connectivity index (χ3v) is 5.03. The molecule has 0 spiro atoms. The Kier molecular flexibility index (Phi) is 3.89. The van der Waals surface area contributed by atoms with Crippen molar-refractivity contribution < 1.29 is 9.53 Å². The summed E-state index contributed by atoms with van der Waals surface area (Å²) in [5.74, 6) is 0.334. The van der Waals surface area contributed by atoms with E-state index in [9.17, 15) is 4.79 Å². The quantitative estimate of drug-likeness (QED) is 0.910. The number of nitrogens with zero attached hydrogens (tertiary/aromatic N) is 3. The van der Waals surface area contributed by atoms with Gasteiger partial charge in [-0.2, -0.15) is 0 Å². The summed E-state index contributed by atoms with van der Waals surface area (Å²) in [5, 5.41) is 12.5. The Balaban J connectivity index is 1.65. The van der Waals surface area contributed by atoms with E-state index in [1.165, 1.54) is 11.3 Å². The van der Waals surface area contributed by atoms with Gasteiger partial charge in [0.05, 0.1) is 18.8 Å². The fraction of sp³-hybridized carbons (Fsp3) is 0.769. The summed E-state index contributed by atoms with van der Waals surface area (Å²) < 4.78 is 5.72. The Morgan fingerprint density at radius 1 is 1.45 bits per heavy atom. The lowest BCUT2D eigenvalue weighted by Gasteiger charge is -2.37. The highest BCUT2D eigenvalue weighted by molar-refractivity contribution is 7.15. The van der Waals surface area contributed by atoms with E-state index >= 15 is 0 Å². The molecule has 110 valence electrons. The Morgan fingerprint density at radius 3 is 3.05 bits per heavy atom. The Hall–Kier alpha value is -1.21. The second-order valence-corrected chi connectivity index (χ2v) is 6.64. The predicted molar refractivity (Wildman–Crippen MR) is 77.1 cm³/mol. The minimum atomic E-state index is -0.0725. The molecule has 0 bridgehead atoms. The maximum absolute atomic E-state index is 12.4. The predicted octanol–water partition coefficient (Wildman–Crippen LogP) is 2.45. The lowest BCUT2D eigenvalue weighted by atomic mass is 10.1. The molecule has 1 aliphatic heterocycles. The molecule has 20 heavy (non-hydrogen) atoms. The molecule has 3 rings (SSSR count). The van der Waals surface area contributed by atoms with Crippen molar-refractivity contribution in [3.05, 3.63) is 5.01 Å². The molecule has 0 aromatic carbocycles. The molecule has 0 unspecified atom stereocenters. The van der Waals surface area contributed by atoms with Gasteiger partial charge in [-0.25, -0.2) is 4.79 Å². The minimum Gasteiger partial charge on any atom is -0.374 e. The molecule has 2 amide bonds. The summed E-state index contributed by atoms with van der Waals surface area (Å²) in [6.45, 7) is 5.42. The van der Waals surface area contributed by atoms with E-state index in [-0.39, 0.29) is 18.2 Å². The van der Waals surface area contributed by atoms with Crippen molar-refractivity contribution in [3.63, 3.8) is 0 Å². The number of morpholine rings is 1. The number of fused-ring (bicyclic) bond motifs is 1. The third kappa shape index (κ3) is 2.64. The second kappa shape index (κ2) is 5.65. The van der Waals surface area contributed by atoms with Crippen molar-refractivity contribution in [2.75, 3.05) is 18.5 Å². The van der Waals surface area contributed by atoms with Gasteiger partial charge in [-0.05, 0) is 19.3 Å². The van der Waals surface area contributed by atoms with Gasteiger partial charge >= 0.3 is 6.03 Å². The fourth-order valence-electron chi connectivity index (χ4n) is 2.86. The number of aromatic nitrogens is 2. The smallest absolute Gasteiger partial charge is 0.324 e. The zero-order valence-electron chi connectivity index (χ0n) is 11.8. The molecule has 1 aromatic rings. The van der Waals surface area contributed by atoms with Crippen molar-refractivity contribution in [1.29, 1.82) is 0 Å². The third-order valence-electron chi connectivity index (χ3n) is 3.89. The van der Waals surface area contributed by atoms with Crippen LogP contribution in [0.2, 0.25) is 0 Å². The summed E-state index contributed by atoms with van der Waals surface area (Å²) in [4.78, 5) is 14.3. The molecule has 6 nitrogen and oxygen atoms in total. The molecule has 1 aliphatic carbocycles. The molecule has 1 saturated heterocycles. The van der Waals surface area contributed by atoms with Gasteiger partial charge in [-0.1, -0.05) is 25.2 Å². The van der Waals surface area contributed by atoms with Gasteiger partial charge in [0.25, 0.3) is 0 Å². The van der Waals surface area contributed by atoms with Crippen molar-refractivity contribution >= 4 is 22.5 Å². The summed E-state index contributed by atoms with van der Waals surface area (Å²) in [7, 11) is 0. The minimum absolute atomic E-state index is 0.0725. The van der Waals surface area contributed by atoms with E-state index in [1.807, 2.05) is 4.90 Å². The van der Waals surface area contributed by atoms with Crippen LogP contribution in [-0.2, 0) is 4.74 Å². The van der Waals surface area contributed by atoms with Crippen LogP contribution < -0.4 is 5.32 Å². The first kappa shape index (κ1) is 13.8. The Bertz CT molecular complexity index is 490. The lowest BCUT2D eigenvalue weighted by molar-refractivity contribution is -0.0362. The molecule has 2 atom stereocenters. The van der Waals surface area contributed by atoms with E-state index < -0.39 is 0 Å². The van der Waals surface area contributed by atoms with Crippen LogP contribution in [0.3, 0.4) is 0 Å². The van der Waals surface area contributed by atoms with Gasteiger partial charge in [0.2, 0.25) is 5.13 Å². The maximum Gasteiger partial charge on any atom is 0.324 e. The highest BCUT2D eigenvalue weighted by Gasteiger charge is 2.38. The molecule has 7 heteroatoms. The van der Waals surface area contributed by atoms with Crippen LogP contribution in [0, 0.1) is 0 Å². The first-order chi connectivity index (χ1) is 9.65. The van der Waals surface area contributed by atoms with E-state index in [4.69, 9.17) is 4.74 Å². The number of hydrogen-bond donors (Lipinski definition) is 1. The molecule has 1 N–H and O–H groups in total. The van der Waals surface area contributed by atoms with Crippen molar-refractivity contribution in [1.82, 2.24) is 15.1 Å². The van der Waals surface area contributed by atoms with Crippen molar-refractivity contribution in [2.45, 2.75) is 51.2 Å². The van der Waals surface area contributed by atoms with Crippen LogP contribution in [0.25, 0.3) is 0 Å². The summed E-state index contributed by atoms with van der Waals surface area (Å²) in [6.07, 6.45) is 3.45. The molecule has 2 aliphatic rings. The summed E-state index contributed by atoms with van der Waals surface area (Å²) in [6, 6.07) is 0.151. The normalized spacial score (nSPS) is 25.9. The maximum atomic E-state index is 12.4. The van der Waals surface area contributed by atoms with Crippen molar-refractivity contribution in [3.8, 4) is 0 Å². The average Bonchev–Trinajstić information content (AvgIpc) is 3.05. The molecular weight excluding hydrogens is 276 g/mol. The van der Waals surface area contributed by atoms with Gasteiger partial charge in [-0.15, -0.1) is 10.2 Å². The van der Waals surface area contributed by atoms with Crippen LogP contribution in [0.15, 0.2) is 0 Å². The number of carbonyl (C=O) groups is 1. The number of anilines is 1. The van der Waals surface area contributed by atoms with Gasteiger partial charge in [0.1, 0.15) is 5.01 Å². The largest absolute Gasteiger partial charge is 0.374 e. The monoisotopic (exact) mass is 296 g/mol. The van der Waals surface area contributed by atoms with E-state index in [0.717, 1.165) is 24.3 Å². The van der Waals surface area contributed by atoms with Crippen LogP contribution in [0.4, 0.5) is 9.93 Å². The van der Waals surface area contributed by atoms with Gasteiger partial charge in [-0.3, -0.25) is 5.32 Å². The molecular formula is C13H20N4O2S. The van der Waals surface area contributed by atoms with E-state index in [2.05, 4.69) is 29.4 Å². The SMILES string of the molecule is CC(C)c1nnc(NC(=O)N2CCO[C@H]3CCC[C@@H]32)s1. The van der Waals surface area contributed by atoms with Gasteiger partial charge in [0.15, 0.2) is 0 Å². The van der Waals surface area contributed by atoms with Crippen molar-refractivity contribution in [2.24, 2.45) is 0 Å². The van der Waals surface area contributed by atoms with E-state index in [0.29, 0.717) is 24.2 Å². The molecule has 1 aromatic heterocycles. The van der Waals surface area contributed by atoms with Gasteiger partial charge < -0.3 is 9.64 Å². The number of nitrogens with one attached hydrogen (secondary N) is 1. The molecule has 1 saturated carbocycles. The topological polar surface area (TPSA) is 67.4 Å². The molecule has 2 fully saturated rings. The van der Waals surface area contributed by atoms with E-state index in [1.54, 1.807) is 0 Å². The summed E-state index contributed by atoms with van der Waals surface area (Å²) in [5.41, 5.74) is 0. The number of ether oxygens (including phenoxy) is 1. The van der Waals surface area contributed by atoms with Crippen LogP contribution >= 0.6 is 11.3 Å². The molecule has 2 heterocycles. The van der Waals surface area contributed by atoms with Crippen LogP contribution in [0.1, 0.15) is 44.0 Å². The van der Waals surface area contributed by atoms with Crippen LogP contribution in [0.5, 0.6) is 0 Å². The standard InChI is InChI=1S/C13H20N4O2S/c1-8(2)11-15-16-12(20-11)14-13(18)17-6-7-19-10-5-3-4-9(10)17/h8-10H,3-7H2,1-2H3,(H,14,16,18)/t9-,10-/m0/s1.